The van der Waals surface area contributed by atoms with Gasteiger partial charge < -0.3 is 15.1 Å². The Balaban J connectivity index is 3.06. The Morgan fingerprint density at radius 2 is 2.05 bits per heavy atom. The van der Waals surface area contributed by atoms with Crippen LogP contribution in [0.3, 0.4) is 0 Å². The minimum atomic E-state index is -0.0667. The number of aliphatic hydroxyl groups is 2. The fourth-order valence-corrected chi connectivity index (χ4v) is 1.99. The third-order valence-electron chi connectivity index (χ3n) is 3.12. The number of hydrogen-bond acceptors (Lipinski definition) is 3. The van der Waals surface area contributed by atoms with Crippen LogP contribution in [0, 0.1) is 18.8 Å². The maximum Gasteiger partial charge on any atom is 0.255 e. The van der Waals surface area contributed by atoms with Crippen LogP contribution in [0.2, 0.25) is 0 Å². The van der Waals surface area contributed by atoms with Gasteiger partial charge in [0.25, 0.3) is 5.91 Å². The van der Waals surface area contributed by atoms with Crippen LogP contribution >= 0.6 is 0 Å². The van der Waals surface area contributed by atoms with E-state index < -0.39 is 0 Å². The van der Waals surface area contributed by atoms with Gasteiger partial charge in [0, 0.05) is 31.7 Å². The summed E-state index contributed by atoms with van der Waals surface area (Å²) < 4.78 is 0. The van der Waals surface area contributed by atoms with E-state index in [-0.39, 0.29) is 19.1 Å². The lowest BCUT2D eigenvalue weighted by atomic mass is 10.0. The highest BCUT2D eigenvalue weighted by Crippen LogP contribution is 2.14. The summed E-state index contributed by atoms with van der Waals surface area (Å²) in [6.45, 7) is 5.06. The van der Waals surface area contributed by atoms with Crippen LogP contribution in [-0.2, 0) is 0 Å². The SMILES string of the molecule is CCN(CCCO)C(=O)c1cc(C)ccc1C#CCCO. The lowest BCUT2D eigenvalue weighted by Crippen LogP contribution is -2.32. The van der Waals surface area contributed by atoms with E-state index in [2.05, 4.69) is 11.8 Å². The zero-order chi connectivity index (χ0) is 15.7. The average molecular weight is 289 g/mol. The minimum absolute atomic E-state index is 0.0136. The molecule has 0 aromatic heterocycles. The third kappa shape index (κ3) is 5.22. The van der Waals surface area contributed by atoms with Crippen molar-refractivity contribution in [3.8, 4) is 11.8 Å². The van der Waals surface area contributed by atoms with Gasteiger partial charge in [0.05, 0.1) is 12.2 Å². The van der Waals surface area contributed by atoms with E-state index >= 15 is 0 Å². The average Bonchev–Trinajstić information content (AvgIpc) is 2.49. The molecule has 114 valence electrons. The van der Waals surface area contributed by atoms with E-state index in [4.69, 9.17) is 10.2 Å². The highest BCUT2D eigenvalue weighted by Gasteiger charge is 2.16. The number of rotatable bonds is 6. The van der Waals surface area contributed by atoms with Crippen molar-refractivity contribution < 1.29 is 15.0 Å². The lowest BCUT2D eigenvalue weighted by molar-refractivity contribution is 0.0754. The molecular formula is C17H23NO3. The Labute approximate surface area is 126 Å². The van der Waals surface area contributed by atoms with Crippen LogP contribution in [0.15, 0.2) is 18.2 Å². The molecule has 0 atom stereocenters. The molecule has 0 saturated heterocycles. The van der Waals surface area contributed by atoms with E-state index in [0.29, 0.717) is 37.1 Å². The van der Waals surface area contributed by atoms with Gasteiger partial charge in [-0.1, -0.05) is 23.5 Å². The maximum atomic E-state index is 12.6. The molecule has 0 bridgehead atoms. The van der Waals surface area contributed by atoms with Crippen LogP contribution in [0.4, 0.5) is 0 Å². The Kier molecular flexibility index (Phi) is 7.52. The predicted octanol–water partition coefficient (Wildman–Crippen LogP) is 1.57. The molecule has 1 amide bonds. The van der Waals surface area contributed by atoms with Crippen molar-refractivity contribution in [3.05, 3.63) is 34.9 Å². The topological polar surface area (TPSA) is 60.8 Å². The first kappa shape index (κ1) is 17.2. The molecule has 0 aliphatic rings. The smallest absolute Gasteiger partial charge is 0.255 e. The molecule has 1 aromatic carbocycles. The quantitative estimate of drug-likeness (QED) is 0.782. The Morgan fingerprint density at radius 3 is 2.67 bits per heavy atom. The monoisotopic (exact) mass is 289 g/mol. The van der Waals surface area contributed by atoms with Crippen LogP contribution in [-0.4, -0.2) is 47.3 Å². The van der Waals surface area contributed by atoms with Gasteiger partial charge in [-0.15, -0.1) is 0 Å². The molecule has 4 heteroatoms. The van der Waals surface area contributed by atoms with E-state index in [1.165, 1.54) is 0 Å². The third-order valence-corrected chi connectivity index (χ3v) is 3.12. The van der Waals surface area contributed by atoms with Crippen molar-refractivity contribution in [2.75, 3.05) is 26.3 Å². The van der Waals surface area contributed by atoms with Crippen molar-refractivity contribution in [1.29, 1.82) is 0 Å². The number of hydrogen-bond donors (Lipinski definition) is 2. The molecule has 0 fully saturated rings. The molecule has 0 aliphatic carbocycles. The summed E-state index contributed by atoms with van der Waals surface area (Å²) in [6, 6.07) is 5.60. The minimum Gasteiger partial charge on any atom is -0.396 e. The first-order valence-electron chi connectivity index (χ1n) is 7.24. The Bertz CT molecular complexity index is 529. The van der Waals surface area contributed by atoms with E-state index in [1.807, 2.05) is 32.0 Å². The fraction of sp³-hybridized carbons (Fsp3) is 0.471. The summed E-state index contributed by atoms with van der Waals surface area (Å²) in [5.74, 6) is 5.74. The molecule has 0 radical (unpaired) electrons. The number of aryl methyl sites for hydroxylation is 1. The number of benzene rings is 1. The standard InChI is InChI=1S/C17H23NO3/c1-3-18(10-6-12-20)17(21)16-13-14(2)8-9-15(16)7-4-5-11-19/h8-9,13,19-20H,3,5-6,10-12H2,1-2H3. The van der Waals surface area contributed by atoms with Gasteiger partial charge in [0.2, 0.25) is 0 Å². The molecule has 0 unspecified atom stereocenters. The Hall–Kier alpha value is -1.83. The summed E-state index contributed by atoms with van der Waals surface area (Å²) in [5, 5.41) is 17.7. The predicted molar refractivity (Wildman–Crippen MR) is 83.0 cm³/mol. The maximum absolute atomic E-state index is 12.6. The number of carbonyl (C=O) groups excluding carboxylic acids is 1. The summed E-state index contributed by atoms with van der Waals surface area (Å²) in [5.41, 5.74) is 2.27. The number of aliphatic hydroxyl groups excluding tert-OH is 2. The first-order chi connectivity index (χ1) is 10.1. The summed E-state index contributed by atoms with van der Waals surface area (Å²) >= 11 is 0. The fourth-order valence-electron chi connectivity index (χ4n) is 1.99. The van der Waals surface area contributed by atoms with Crippen LogP contribution in [0.5, 0.6) is 0 Å². The van der Waals surface area contributed by atoms with Crippen molar-refractivity contribution in [1.82, 2.24) is 4.90 Å². The second-order valence-electron chi connectivity index (χ2n) is 4.79. The first-order valence-corrected chi connectivity index (χ1v) is 7.24. The molecule has 21 heavy (non-hydrogen) atoms. The molecule has 0 spiro atoms. The molecule has 4 nitrogen and oxygen atoms in total. The zero-order valence-electron chi connectivity index (χ0n) is 12.7. The highest BCUT2D eigenvalue weighted by molar-refractivity contribution is 5.97. The molecule has 1 aromatic rings. The number of nitrogens with zero attached hydrogens (tertiary/aromatic N) is 1. The van der Waals surface area contributed by atoms with Gasteiger partial charge in [-0.2, -0.15) is 0 Å². The van der Waals surface area contributed by atoms with Gasteiger partial charge >= 0.3 is 0 Å². The van der Waals surface area contributed by atoms with Crippen molar-refractivity contribution >= 4 is 5.91 Å². The number of carbonyl (C=O) groups is 1. The molecule has 0 heterocycles. The van der Waals surface area contributed by atoms with Crippen molar-refractivity contribution in [2.24, 2.45) is 0 Å². The normalized spacial score (nSPS) is 9.90. The largest absolute Gasteiger partial charge is 0.396 e. The Morgan fingerprint density at radius 1 is 1.29 bits per heavy atom. The van der Waals surface area contributed by atoms with Crippen LogP contribution in [0.25, 0.3) is 0 Å². The zero-order valence-corrected chi connectivity index (χ0v) is 12.7. The summed E-state index contributed by atoms with van der Waals surface area (Å²) in [4.78, 5) is 14.3. The van der Waals surface area contributed by atoms with Gasteiger partial charge in [-0.05, 0) is 32.4 Å². The van der Waals surface area contributed by atoms with Crippen LogP contribution in [0.1, 0.15) is 41.3 Å². The molecule has 1 rings (SSSR count). The molecule has 0 saturated carbocycles. The van der Waals surface area contributed by atoms with Gasteiger partial charge in [0.1, 0.15) is 0 Å². The second-order valence-corrected chi connectivity index (χ2v) is 4.79. The van der Waals surface area contributed by atoms with Gasteiger partial charge in [-0.25, -0.2) is 0 Å². The van der Waals surface area contributed by atoms with Crippen LogP contribution < -0.4 is 0 Å². The second kappa shape index (κ2) is 9.17. The highest BCUT2D eigenvalue weighted by atomic mass is 16.3. The van der Waals surface area contributed by atoms with Gasteiger partial charge in [-0.3, -0.25) is 4.79 Å². The van der Waals surface area contributed by atoms with E-state index in [9.17, 15) is 4.79 Å². The van der Waals surface area contributed by atoms with Crippen molar-refractivity contribution in [3.63, 3.8) is 0 Å². The van der Waals surface area contributed by atoms with Gasteiger partial charge in [0.15, 0.2) is 0 Å². The lowest BCUT2D eigenvalue weighted by Gasteiger charge is -2.21. The summed E-state index contributed by atoms with van der Waals surface area (Å²) in [7, 11) is 0. The van der Waals surface area contributed by atoms with Crippen molar-refractivity contribution in [2.45, 2.75) is 26.7 Å². The van der Waals surface area contributed by atoms with E-state index in [0.717, 1.165) is 5.56 Å². The number of amides is 1. The molecule has 0 aliphatic heterocycles. The molecular weight excluding hydrogens is 266 g/mol. The summed E-state index contributed by atoms with van der Waals surface area (Å²) in [6.07, 6.45) is 0.959. The molecule has 2 N–H and O–H groups in total. The van der Waals surface area contributed by atoms with E-state index in [1.54, 1.807) is 4.90 Å².